The summed E-state index contributed by atoms with van der Waals surface area (Å²) in [5.74, 6) is 0.544. The van der Waals surface area contributed by atoms with Gasteiger partial charge in [0.05, 0.1) is 0 Å². The molecule has 1 N–H and O–H groups in total. The maximum atomic E-state index is 5.05. The van der Waals surface area contributed by atoms with Crippen LogP contribution in [0.15, 0.2) is 35.1 Å². The highest BCUT2D eigenvalue weighted by atomic mass is 16.4. The minimum absolute atomic E-state index is 0.544. The molecule has 0 spiro atoms. The second kappa shape index (κ2) is 3.26. The summed E-state index contributed by atoms with van der Waals surface area (Å²) in [7, 11) is 1.88. The fourth-order valence-electron chi connectivity index (χ4n) is 1.08. The zero-order valence-corrected chi connectivity index (χ0v) is 7.19. The van der Waals surface area contributed by atoms with Crippen LogP contribution < -0.4 is 5.32 Å². The minimum atomic E-state index is 0.544. The molecule has 1 heterocycles. The Kier molecular flexibility index (Phi) is 1.96. The molecule has 1 aromatic carbocycles. The van der Waals surface area contributed by atoms with Crippen molar-refractivity contribution in [1.82, 2.24) is 10.2 Å². The van der Waals surface area contributed by atoms with Gasteiger partial charge in [0.15, 0.2) is 0 Å². The summed E-state index contributed by atoms with van der Waals surface area (Å²) in [6.45, 7) is 0. The van der Waals surface area contributed by atoms with Gasteiger partial charge < -0.3 is 9.73 Å². The predicted octanol–water partition coefficient (Wildman–Crippen LogP) is 1.78. The van der Waals surface area contributed by atoms with E-state index in [9.17, 15) is 0 Å². The van der Waals surface area contributed by atoms with Crippen molar-refractivity contribution >= 4 is 5.69 Å². The molecule has 0 radical (unpaired) electrons. The van der Waals surface area contributed by atoms with Crippen molar-refractivity contribution in [2.45, 2.75) is 0 Å². The fourth-order valence-corrected chi connectivity index (χ4v) is 1.08. The van der Waals surface area contributed by atoms with E-state index in [1.165, 1.54) is 6.39 Å². The lowest BCUT2D eigenvalue weighted by molar-refractivity contribution is 0.568. The van der Waals surface area contributed by atoms with Gasteiger partial charge in [0.1, 0.15) is 0 Å². The van der Waals surface area contributed by atoms with Crippen LogP contribution >= 0.6 is 0 Å². The fraction of sp³-hybridized carbons (Fsp3) is 0.111. The van der Waals surface area contributed by atoms with E-state index in [1.54, 1.807) is 0 Å². The van der Waals surface area contributed by atoms with E-state index in [4.69, 9.17) is 4.42 Å². The summed E-state index contributed by atoms with van der Waals surface area (Å²) in [6, 6.07) is 7.78. The number of aromatic nitrogens is 2. The highest BCUT2D eigenvalue weighted by molar-refractivity contribution is 5.57. The molecule has 0 amide bonds. The van der Waals surface area contributed by atoms with Crippen molar-refractivity contribution < 1.29 is 4.42 Å². The van der Waals surface area contributed by atoms with Gasteiger partial charge in [-0.1, -0.05) is 0 Å². The van der Waals surface area contributed by atoms with Gasteiger partial charge in [-0.25, -0.2) is 0 Å². The topological polar surface area (TPSA) is 51.0 Å². The Hall–Kier alpha value is -1.84. The van der Waals surface area contributed by atoms with Gasteiger partial charge in [0, 0.05) is 18.3 Å². The first kappa shape index (κ1) is 7.79. The first-order chi connectivity index (χ1) is 6.40. The SMILES string of the molecule is CNc1ccc(-c2nnco2)cc1. The molecule has 0 atom stereocenters. The quantitative estimate of drug-likeness (QED) is 0.755. The summed E-state index contributed by atoms with van der Waals surface area (Å²) in [4.78, 5) is 0. The highest BCUT2D eigenvalue weighted by Crippen LogP contribution is 2.18. The molecular formula is C9H9N3O. The number of hydrogen-bond donors (Lipinski definition) is 1. The van der Waals surface area contributed by atoms with Crippen LogP contribution in [0.25, 0.3) is 11.5 Å². The van der Waals surface area contributed by atoms with Gasteiger partial charge in [-0.05, 0) is 24.3 Å². The van der Waals surface area contributed by atoms with Crippen LogP contribution in [0.1, 0.15) is 0 Å². The van der Waals surface area contributed by atoms with Crippen LogP contribution in [0.3, 0.4) is 0 Å². The maximum absolute atomic E-state index is 5.05. The third-order valence-electron chi connectivity index (χ3n) is 1.78. The van der Waals surface area contributed by atoms with E-state index in [0.29, 0.717) is 5.89 Å². The second-order valence-corrected chi connectivity index (χ2v) is 2.57. The van der Waals surface area contributed by atoms with Crippen molar-refractivity contribution in [2.75, 3.05) is 12.4 Å². The Morgan fingerprint density at radius 2 is 2.00 bits per heavy atom. The third kappa shape index (κ3) is 1.51. The lowest BCUT2D eigenvalue weighted by Gasteiger charge is -1.99. The van der Waals surface area contributed by atoms with E-state index in [1.807, 2.05) is 31.3 Å². The molecule has 0 saturated carbocycles. The summed E-state index contributed by atoms with van der Waals surface area (Å²) in [5, 5.41) is 10.4. The molecule has 13 heavy (non-hydrogen) atoms. The number of benzene rings is 1. The smallest absolute Gasteiger partial charge is 0.247 e. The summed E-state index contributed by atoms with van der Waals surface area (Å²) in [5.41, 5.74) is 1.99. The number of nitrogens with zero attached hydrogens (tertiary/aromatic N) is 2. The standard InChI is InChI=1S/C9H9N3O/c1-10-8-4-2-7(3-5-8)9-12-11-6-13-9/h2-6,10H,1H3. The molecule has 0 aliphatic rings. The number of nitrogens with one attached hydrogen (secondary N) is 1. The Bertz CT molecular complexity index is 366. The molecule has 0 saturated heterocycles. The van der Waals surface area contributed by atoms with E-state index >= 15 is 0 Å². The zero-order chi connectivity index (χ0) is 9.10. The van der Waals surface area contributed by atoms with Crippen molar-refractivity contribution in [2.24, 2.45) is 0 Å². The molecule has 2 rings (SSSR count). The van der Waals surface area contributed by atoms with Crippen molar-refractivity contribution in [3.63, 3.8) is 0 Å². The number of anilines is 1. The third-order valence-corrected chi connectivity index (χ3v) is 1.78. The summed E-state index contributed by atoms with van der Waals surface area (Å²) < 4.78 is 5.05. The number of rotatable bonds is 2. The van der Waals surface area contributed by atoms with Gasteiger partial charge in [-0.15, -0.1) is 10.2 Å². The van der Waals surface area contributed by atoms with Gasteiger partial charge in [0.2, 0.25) is 12.3 Å². The van der Waals surface area contributed by atoms with Gasteiger partial charge >= 0.3 is 0 Å². The molecule has 0 aliphatic carbocycles. The van der Waals surface area contributed by atoms with Crippen LogP contribution in [0, 0.1) is 0 Å². The summed E-state index contributed by atoms with van der Waals surface area (Å²) >= 11 is 0. The Balaban J connectivity index is 2.33. The minimum Gasteiger partial charge on any atom is -0.423 e. The van der Waals surface area contributed by atoms with Crippen molar-refractivity contribution in [3.05, 3.63) is 30.7 Å². The second-order valence-electron chi connectivity index (χ2n) is 2.57. The molecular weight excluding hydrogens is 166 g/mol. The number of hydrogen-bond acceptors (Lipinski definition) is 4. The Morgan fingerprint density at radius 3 is 2.54 bits per heavy atom. The Labute approximate surface area is 75.6 Å². The first-order valence-electron chi connectivity index (χ1n) is 3.94. The van der Waals surface area contributed by atoms with Crippen LogP contribution in [0.2, 0.25) is 0 Å². The molecule has 0 aliphatic heterocycles. The average molecular weight is 175 g/mol. The van der Waals surface area contributed by atoms with Gasteiger partial charge in [0.25, 0.3) is 0 Å². The lowest BCUT2D eigenvalue weighted by Crippen LogP contribution is -1.86. The maximum Gasteiger partial charge on any atom is 0.247 e. The predicted molar refractivity (Wildman–Crippen MR) is 49.3 cm³/mol. The average Bonchev–Trinajstić information content (AvgIpc) is 2.71. The van der Waals surface area contributed by atoms with E-state index < -0.39 is 0 Å². The molecule has 4 heteroatoms. The highest BCUT2D eigenvalue weighted by Gasteiger charge is 2.01. The zero-order valence-electron chi connectivity index (χ0n) is 7.19. The van der Waals surface area contributed by atoms with E-state index in [-0.39, 0.29) is 0 Å². The van der Waals surface area contributed by atoms with Gasteiger partial charge in [-0.2, -0.15) is 0 Å². The van der Waals surface area contributed by atoms with E-state index in [2.05, 4.69) is 15.5 Å². The monoisotopic (exact) mass is 175 g/mol. The van der Waals surface area contributed by atoms with E-state index in [0.717, 1.165) is 11.3 Å². The summed E-state index contributed by atoms with van der Waals surface area (Å²) in [6.07, 6.45) is 1.32. The van der Waals surface area contributed by atoms with Gasteiger partial charge in [-0.3, -0.25) is 0 Å². The molecule has 0 unspecified atom stereocenters. The molecule has 2 aromatic rings. The van der Waals surface area contributed by atoms with Crippen LogP contribution in [0.5, 0.6) is 0 Å². The molecule has 0 fully saturated rings. The van der Waals surface area contributed by atoms with Crippen molar-refractivity contribution in [1.29, 1.82) is 0 Å². The lowest BCUT2D eigenvalue weighted by atomic mass is 10.2. The van der Waals surface area contributed by atoms with Crippen LogP contribution in [0.4, 0.5) is 5.69 Å². The normalized spacial score (nSPS) is 9.92. The molecule has 4 nitrogen and oxygen atoms in total. The van der Waals surface area contributed by atoms with Crippen LogP contribution in [-0.4, -0.2) is 17.2 Å². The van der Waals surface area contributed by atoms with Crippen molar-refractivity contribution in [3.8, 4) is 11.5 Å². The van der Waals surface area contributed by atoms with Crippen LogP contribution in [-0.2, 0) is 0 Å². The molecule has 66 valence electrons. The largest absolute Gasteiger partial charge is 0.423 e. The first-order valence-corrected chi connectivity index (χ1v) is 3.94. The molecule has 1 aromatic heterocycles. The Morgan fingerprint density at radius 1 is 1.23 bits per heavy atom. The molecule has 0 bridgehead atoms.